The molecule has 5 heteroatoms. The van der Waals surface area contributed by atoms with Gasteiger partial charge in [0, 0.05) is 11.7 Å². The van der Waals surface area contributed by atoms with Gasteiger partial charge in [-0.3, -0.25) is 0 Å². The molecular formula is C15H22N4O. The average Bonchev–Trinajstić information content (AvgIpc) is 2.63. The molecule has 1 fully saturated rings. The molecule has 0 aromatic carbocycles. The van der Waals surface area contributed by atoms with Crippen molar-refractivity contribution in [3.63, 3.8) is 0 Å². The summed E-state index contributed by atoms with van der Waals surface area (Å²) in [6.07, 6.45) is 3.57. The Labute approximate surface area is 118 Å². The fourth-order valence-electron chi connectivity index (χ4n) is 3.40. The van der Waals surface area contributed by atoms with E-state index in [0.29, 0.717) is 17.7 Å². The molecule has 0 radical (unpaired) electrons. The highest BCUT2D eigenvalue weighted by molar-refractivity contribution is 5.91. The Bertz CT molecular complexity index is 654. The topological polar surface area (TPSA) is 77.0 Å². The summed E-state index contributed by atoms with van der Waals surface area (Å²) in [5.74, 6) is 1.28. The first-order valence-electron chi connectivity index (χ1n) is 7.28. The van der Waals surface area contributed by atoms with Crippen LogP contribution in [0.5, 0.6) is 0 Å². The van der Waals surface area contributed by atoms with Crippen molar-refractivity contribution in [1.29, 1.82) is 0 Å². The lowest BCUT2D eigenvalue weighted by atomic mass is 9.93. The number of aryl methyl sites for hydroxylation is 2. The summed E-state index contributed by atoms with van der Waals surface area (Å²) in [7, 11) is 0. The summed E-state index contributed by atoms with van der Waals surface area (Å²) in [4.78, 5) is 8.91. The molecule has 108 valence electrons. The summed E-state index contributed by atoms with van der Waals surface area (Å²) in [5, 5.41) is 10.7. The standard InChI is InChI=1S/C15H22N4O/c1-8-9(2)19(11-4-6-12(20)7-5-11)15-13(8)14(16)17-10(3)18-15/h11-12,20H,4-7H2,1-3H3,(H2,16,17,18). The van der Waals surface area contributed by atoms with Crippen LogP contribution in [0.3, 0.4) is 0 Å². The van der Waals surface area contributed by atoms with E-state index in [1.165, 1.54) is 11.3 Å². The molecule has 1 aliphatic rings. The third-order valence-corrected chi connectivity index (χ3v) is 4.57. The molecule has 3 N–H and O–H groups in total. The number of fused-ring (bicyclic) bond motifs is 1. The first kappa shape index (κ1) is 13.4. The van der Waals surface area contributed by atoms with Gasteiger partial charge in [-0.15, -0.1) is 0 Å². The summed E-state index contributed by atoms with van der Waals surface area (Å²) in [6, 6.07) is 0.406. The Morgan fingerprint density at radius 2 is 1.75 bits per heavy atom. The van der Waals surface area contributed by atoms with E-state index >= 15 is 0 Å². The lowest BCUT2D eigenvalue weighted by Gasteiger charge is -2.28. The van der Waals surface area contributed by atoms with Gasteiger partial charge in [0.1, 0.15) is 17.3 Å². The maximum absolute atomic E-state index is 9.69. The minimum Gasteiger partial charge on any atom is -0.393 e. The summed E-state index contributed by atoms with van der Waals surface area (Å²) in [6.45, 7) is 6.08. The van der Waals surface area contributed by atoms with E-state index in [1.54, 1.807) is 0 Å². The molecular weight excluding hydrogens is 252 g/mol. The van der Waals surface area contributed by atoms with Gasteiger partial charge in [0.25, 0.3) is 0 Å². The Kier molecular flexibility index (Phi) is 3.17. The maximum atomic E-state index is 9.69. The monoisotopic (exact) mass is 274 g/mol. The number of aromatic nitrogens is 3. The number of hydrogen-bond acceptors (Lipinski definition) is 4. The van der Waals surface area contributed by atoms with Gasteiger partial charge in [-0.1, -0.05) is 0 Å². The summed E-state index contributed by atoms with van der Waals surface area (Å²) >= 11 is 0. The van der Waals surface area contributed by atoms with Crippen molar-refractivity contribution in [2.75, 3.05) is 5.73 Å². The van der Waals surface area contributed by atoms with E-state index < -0.39 is 0 Å². The molecule has 0 amide bonds. The lowest BCUT2D eigenvalue weighted by Crippen LogP contribution is -2.22. The quantitative estimate of drug-likeness (QED) is 0.837. The summed E-state index contributed by atoms with van der Waals surface area (Å²) in [5.41, 5.74) is 9.42. The van der Waals surface area contributed by atoms with Crippen molar-refractivity contribution >= 4 is 16.9 Å². The van der Waals surface area contributed by atoms with Gasteiger partial charge in [0.15, 0.2) is 0 Å². The third kappa shape index (κ3) is 1.97. The highest BCUT2D eigenvalue weighted by Gasteiger charge is 2.25. The Balaban J connectivity index is 2.17. The van der Waals surface area contributed by atoms with Crippen LogP contribution < -0.4 is 5.73 Å². The smallest absolute Gasteiger partial charge is 0.146 e. The molecule has 1 aliphatic carbocycles. The van der Waals surface area contributed by atoms with Crippen LogP contribution in [0.15, 0.2) is 0 Å². The molecule has 3 rings (SSSR count). The normalized spacial score (nSPS) is 23.4. The number of hydrogen-bond donors (Lipinski definition) is 2. The van der Waals surface area contributed by atoms with Crippen molar-refractivity contribution in [3.05, 3.63) is 17.1 Å². The van der Waals surface area contributed by atoms with Crippen molar-refractivity contribution < 1.29 is 5.11 Å². The van der Waals surface area contributed by atoms with Crippen LogP contribution in [0, 0.1) is 20.8 Å². The van der Waals surface area contributed by atoms with E-state index in [-0.39, 0.29) is 6.10 Å². The molecule has 0 unspecified atom stereocenters. The highest BCUT2D eigenvalue weighted by atomic mass is 16.3. The van der Waals surface area contributed by atoms with Gasteiger partial charge in [-0.05, 0) is 52.0 Å². The second kappa shape index (κ2) is 4.74. The number of nitrogen functional groups attached to an aromatic ring is 1. The molecule has 0 aliphatic heterocycles. The largest absolute Gasteiger partial charge is 0.393 e. The van der Waals surface area contributed by atoms with Gasteiger partial charge in [0.05, 0.1) is 11.5 Å². The highest BCUT2D eigenvalue weighted by Crippen LogP contribution is 2.36. The van der Waals surface area contributed by atoms with Crippen LogP contribution in [0.25, 0.3) is 11.0 Å². The van der Waals surface area contributed by atoms with Crippen molar-refractivity contribution in [2.45, 2.75) is 58.6 Å². The number of nitrogens with zero attached hydrogens (tertiary/aromatic N) is 3. The molecule has 5 nitrogen and oxygen atoms in total. The number of anilines is 1. The minimum atomic E-state index is -0.143. The number of aliphatic hydroxyl groups is 1. The first-order chi connectivity index (χ1) is 9.49. The number of rotatable bonds is 1. The van der Waals surface area contributed by atoms with Gasteiger partial charge < -0.3 is 15.4 Å². The summed E-state index contributed by atoms with van der Waals surface area (Å²) < 4.78 is 2.31. The maximum Gasteiger partial charge on any atom is 0.146 e. The second-order valence-corrected chi connectivity index (χ2v) is 5.90. The fourth-order valence-corrected chi connectivity index (χ4v) is 3.40. The molecule has 0 bridgehead atoms. The number of nitrogens with two attached hydrogens (primary N) is 1. The molecule has 20 heavy (non-hydrogen) atoms. The second-order valence-electron chi connectivity index (χ2n) is 5.90. The van der Waals surface area contributed by atoms with Crippen LogP contribution >= 0.6 is 0 Å². The van der Waals surface area contributed by atoms with E-state index in [0.717, 1.165) is 36.7 Å². The predicted molar refractivity (Wildman–Crippen MR) is 79.7 cm³/mol. The van der Waals surface area contributed by atoms with Crippen molar-refractivity contribution in [3.8, 4) is 0 Å². The third-order valence-electron chi connectivity index (χ3n) is 4.57. The molecule has 2 aromatic heterocycles. The molecule has 0 atom stereocenters. The van der Waals surface area contributed by atoms with Gasteiger partial charge in [-0.25, -0.2) is 9.97 Å². The fraction of sp³-hybridized carbons (Fsp3) is 0.600. The van der Waals surface area contributed by atoms with Gasteiger partial charge in [-0.2, -0.15) is 0 Å². The first-order valence-corrected chi connectivity index (χ1v) is 7.28. The Morgan fingerprint density at radius 3 is 2.40 bits per heavy atom. The molecule has 2 aromatic rings. The minimum absolute atomic E-state index is 0.143. The Morgan fingerprint density at radius 1 is 1.10 bits per heavy atom. The van der Waals surface area contributed by atoms with E-state index in [2.05, 4.69) is 28.4 Å². The predicted octanol–water partition coefficient (Wildman–Crippen LogP) is 2.41. The average molecular weight is 274 g/mol. The van der Waals surface area contributed by atoms with Crippen molar-refractivity contribution in [2.24, 2.45) is 0 Å². The lowest BCUT2D eigenvalue weighted by molar-refractivity contribution is 0.111. The van der Waals surface area contributed by atoms with Crippen LogP contribution in [0.1, 0.15) is 48.8 Å². The van der Waals surface area contributed by atoms with Crippen LogP contribution in [0.4, 0.5) is 5.82 Å². The molecule has 0 spiro atoms. The number of aliphatic hydroxyl groups excluding tert-OH is 1. The van der Waals surface area contributed by atoms with E-state index in [1.807, 2.05) is 6.92 Å². The van der Waals surface area contributed by atoms with Crippen LogP contribution in [0.2, 0.25) is 0 Å². The molecule has 0 saturated heterocycles. The molecule has 2 heterocycles. The SMILES string of the molecule is Cc1nc(N)c2c(C)c(C)n(C3CCC(O)CC3)c2n1. The van der Waals surface area contributed by atoms with Crippen molar-refractivity contribution in [1.82, 2.24) is 14.5 Å². The Hall–Kier alpha value is -1.62. The zero-order valence-electron chi connectivity index (χ0n) is 12.3. The van der Waals surface area contributed by atoms with Crippen LogP contribution in [-0.4, -0.2) is 25.7 Å². The molecule has 1 saturated carbocycles. The van der Waals surface area contributed by atoms with Crippen LogP contribution in [-0.2, 0) is 0 Å². The zero-order valence-corrected chi connectivity index (χ0v) is 12.3. The van der Waals surface area contributed by atoms with E-state index in [4.69, 9.17) is 5.73 Å². The van der Waals surface area contributed by atoms with E-state index in [9.17, 15) is 5.11 Å². The van der Waals surface area contributed by atoms with Gasteiger partial charge in [0.2, 0.25) is 0 Å². The zero-order chi connectivity index (χ0) is 14.4. The van der Waals surface area contributed by atoms with Gasteiger partial charge >= 0.3 is 0 Å².